The van der Waals surface area contributed by atoms with Crippen LogP contribution in [0, 0.1) is 0 Å². The van der Waals surface area contributed by atoms with Gasteiger partial charge in [0.2, 0.25) is 0 Å². The molecule has 0 saturated heterocycles. The Morgan fingerprint density at radius 3 is 2.58 bits per heavy atom. The van der Waals surface area contributed by atoms with Crippen LogP contribution in [0.1, 0.15) is 17.8 Å². The highest BCUT2D eigenvalue weighted by molar-refractivity contribution is 9.10. The molecule has 1 aromatic heterocycles. The molecule has 0 N–H and O–H groups in total. The van der Waals surface area contributed by atoms with Gasteiger partial charge in [-0.25, -0.2) is 18.2 Å². The molecule has 0 bridgehead atoms. The molecule has 0 aliphatic carbocycles. The third kappa shape index (κ3) is 1.97. The zero-order chi connectivity index (χ0) is 9.14. The second kappa shape index (κ2) is 3.89. The third-order valence-corrected chi connectivity index (χ3v) is 1.94. The number of pyridine rings is 1. The third-order valence-electron chi connectivity index (χ3n) is 1.27. The number of nitrogens with zero attached hydrogens (tertiary/aromatic N) is 1. The smallest absolute Gasteiger partial charge is 0.248 e. The van der Waals surface area contributed by atoms with Crippen molar-refractivity contribution in [3.8, 4) is 0 Å². The highest BCUT2D eigenvalue weighted by Crippen LogP contribution is 2.25. The molecule has 0 saturated carbocycles. The molecule has 0 atom stereocenters. The van der Waals surface area contributed by atoms with E-state index in [0.717, 1.165) is 0 Å². The van der Waals surface area contributed by atoms with Gasteiger partial charge in [-0.2, -0.15) is 0 Å². The van der Waals surface area contributed by atoms with Gasteiger partial charge in [0, 0.05) is 4.47 Å². The average molecular weight is 240 g/mol. The van der Waals surface area contributed by atoms with Crippen LogP contribution in [0.5, 0.6) is 0 Å². The van der Waals surface area contributed by atoms with Gasteiger partial charge in [0.05, 0.1) is 5.69 Å². The molecular weight excluding hydrogens is 235 g/mol. The van der Waals surface area contributed by atoms with Crippen LogP contribution < -0.4 is 0 Å². The lowest BCUT2D eigenvalue weighted by Crippen LogP contribution is -1.95. The molecule has 66 valence electrons. The van der Waals surface area contributed by atoms with Crippen LogP contribution in [0.4, 0.5) is 13.2 Å². The number of aromatic nitrogens is 1. The van der Waals surface area contributed by atoms with Crippen LogP contribution in [-0.4, -0.2) is 4.98 Å². The van der Waals surface area contributed by atoms with Gasteiger partial charge >= 0.3 is 0 Å². The molecule has 5 heteroatoms. The lowest BCUT2D eigenvalue weighted by atomic mass is 10.3. The van der Waals surface area contributed by atoms with E-state index in [1.54, 1.807) is 0 Å². The van der Waals surface area contributed by atoms with Gasteiger partial charge in [-0.05, 0) is 28.1 Å². The number of halogens is 4. The summed E-state index contributed by atoms with van der Waals surface area (Å²) in [4.78, 5) is 3.42. The van der Waals surface area contributed by atoms with Crippen molar-refractivity contribution >= 4 is 15.9 Å². The first kappa shape index (κ1) is 9.51. The largest absolute Gasteiger partial charge is 0.281 e. The number of hydrogen-bond donors (Lipinski definition) is 0. The van der Waals surface area contributed by atoms with E-state index in [9.17, 15) is 13.2 Å². The predicted molar refractivity (Wildman–Crippen MR) is 41.7 cm³/mol. The highest BCUT2D eigenvalue weighted by atomic mass is 79.9. The van der Waals surface area contributed by atoms with Crippen molar-refractivity contribution in [2.45, 2.75) is 13.1 Å². The molecule has 12 heavy (non-hydrogen) atoms. The van der Waals surface area contributed by atoms with Crippen LogP contribution in [-0.2, 0) is 6.67 Å². The van der Waals surface area contributed by atoms with Crippen molar-refractivity contribution in [1.29, 1.82) is 0 Å². The van der Waals surface area contributed by atoms with Crippen LogP contribution in [0.2, 0.25) is 0 Å². The molecule has 0 aromatic carbocycles. The van der Waals surface area contributed by atoms with Gasteiger partial charge < -0.3 is 0 Å². The van der Waals surface area contributed by atoms with E-state index >= 15 is 0 Å². The summed E-state index contributed by atoms with van der Waals surface area (Å²) in [5.41, 5.74) is -0.390. The van der Waals surface area contributed by atoms with Gasteiger partial charge in [0.1, 0.15) is 12.4 Å². The first-order chi connectivity index (χ1) is 5.65. The Kier molecular flexibility index (Phi) is 3.08. The second-order valence-corrected chi connectivity index (χ2v) is 2.96. The van der Waals surface area contributed by atoms with E-state index in [2.05, 4.69) is 20.9 Å². The molecule has 0 unspecified atom stereocenters. The first-order valence-corrected chi connectivity index (χ1v) is 3.94. The van der Waals surface area contributed by atoms with Crippen molar-refractivity contribution < 1.29 is 13.2 Å². The van der Waals surface area contributed by atoms with Crippen molar-refractivity contribution in [1.82, 2.24) is 4.98 Å². The predicted octanol–water partition coefficient (Wildman–Crippen LogP) is 3.25. The summed E-state index contributed by atoms with van der Waals surface area (Å²) >= 11 is 2.90. The SMILES string of the molecule is FCc1ccc(Br)c(C(F)F)n1. The van der Waals surface area contributed by atoms with Crippen LogP contribution in [0.15, 0.2) is 16.6 Å². The van der Waals surface area contributed by atoms with Gasteiger partial charge in [0.15, 0.2) is 0 Å². The van der Waals surface area contributed by atoms with Crippen molar-refractivity contribution in [3.05, 3.63) is 28.0 Å². The minimum absolute atomic E-state index is 0.0218. The topological polar surface area (TPSA) is 12.9 Å². The molecule has 0 radical (unpaired) electrons. The summed E-state index contributed by atoms with van der Waals surface area (Å²) in [6.45, 7) is -0.826. The Morgan fingerprint density at radius 2 is 2.08 bits per heavy atom. The fourth-order valence-corrected chi connectivity index (χ4v) is 1.12. The molecule has 0 amide bonds. The Labute approximate surface area is 75.7 Å². The summed E-state index contributed by atoms with van der Waals surface area (Å²) < 4.78 is 36.4. The Balaban J connectivity index is 3.08. The van der Waals surface area contributed by atoms with Crippen molar-refractivity contribution in [3.63, 3.8) is 0 Å². The van der Waals surface area contributed by atoms with Gasteiger partial charge in [-0.3, -0.25) is 0 Å². The summed E-state index contributed by atoms with van der Waals surface area (Å²) in [5.74, 6) is 0. The lowest BCUT2D eigenvalue weighted by Gasteiger charge is -2.02. The highest BCUT2D eigenvalue weighted by Gasteiger charge is 2.13. The molecule has 0 aliphatic rings. The van der Waals surface area contributed by atoms with E-state index in [0.29, 0.717) is 0 Å². The van der Waals surface area contributed by atoms with Crippen LogP contribution in [0.3, 0.4) is 0 Å². The second-order valence-electron chi connectivity index (χ2n) is 2.10. The van der Waals surface area contributed by atoms with Gasteiger partial charge in [-0.1, -0.05) is 0 Å². The van der Waals surface area contributed by atoms with Crippen LogP contribution >= 0.6 is 15.9 Å². The zero-order valence-electron chi connectivity index (χ0n) is 5.90. The summed E-state index contributed by atoms with van der Waals surface area (Å²) in [6, 6.07) is 2.72. The minimum atomic E-state index is -2.68. The molecule has 1 nitrogen and oxygen atoms in total. The molecule has 0 fully saturated rings. The van der Waals surface area contributed by atoms with E-state index in [-0.39, 0.29) is 10.2 Å². The van der Waals surface area contributed by atoms with Gasteiger partial charge in [-0.15, -0.1) is 0 Å². The van der Waals surface area contributed by atoms with Gasteiger partial charge in [0.25, 0.3) is 6.43 Å². The molecule has 1 heterocycles. The number of alkyl halides is 3. The fraction of sp³-hybridized carbons (Fsp3) is 0.286. The quantitative estimate of drug-likeness (QED) is 0.773. The molecule has 1 aromatic rings. The fourth-order valence-electron chi connectivity index (χ4n) is 0.728. The van der Waals surface area contributed by atoms with Crippen LogP contribution in [0.25, 0.3) is 0 Å². The van der Waals surface area contributed by atoms with Crippen molar-refractivity contribution in [2.75, 3.05) is 0 Å². The molecule has 0 aliphatic heterocycles. The average Bonchev–Trinajstić information content (AvgIpc) is 2.05. The number of rotatable bonds is 2. The number of hydrogen-bond acceptors (Lipinski definition) is 1. The summed E-state index contributed by atoms with van der Waals surface area (Å²) in [6.07, 6.45) is -2.68. The van der Waals surface area contributed by atoms with E-state index in [1.165, 1.54) is 12.1 Å². The van der Waals surface area contributed by atoms with E-state index in [4.69, 9.17) is 0 Å². The molecule has 1 rings (SSSR count). The summed E-state index contributed by atoms with van der Waals surface area (Å²) in [7, 11) is 0. The maximum Gasteiger partial charge on any atom is 0.281 e. The minimum Gasteiger partial charge on any atom is -0.248 e. The Bertz CT molecular complexity index is 277. The standard InChI is InChI=1S/C7H5BrF3N/c8-5-2-1-4(3-9)12-6(5)7(10)11/h1-2,7H,3H2. The van der Waals surface area contributed by atoms with E-state index < -0.39 is 18.8 Å². The maximum atomic E-state index is 12.1. The lowest BCUT2D eigenvalue weighted by molar-refractivity contribution is 0.144. The van der Waals surface area contributed by atoms with Crippen molar-refractivity contribution in [2.24, 2.45) is 0 Å². The first-order valence-electron chi connectivity index (χ1n) is 3.14. The molecule has 0 spiro atoms. The monoisotopic (exact) mass is 239 g/mol. The summed E-state index contributed by atoms with van der Waals surface area (Å²) in [5, 5.41) is 0. The maximum absolute atomic E-state index is 12.1. The van der Waals surface area contributed by atoms with E-state index in [1.807, 2.05) is 0 Å². The Morgan fingerprint density at radius 1 is 1.42 bits per heavy atom. The Hall–Kier alpha value is -0.580. The normalized spacial score (nSPS) is 10.8. The molecular formula is C7H5BrF3N. The zero-order valence-corrected chi connectivity index (χ0v) is 7.48.